The van der Waals surface area contributed by atoms with Gasteiger partial charge in [0.1, 0.15) is 5.01 Å². The van der Waals surface area contributed by atoms with E-state index in [1.165, 1.54) is 11.3 Å². The Kier molecular flexibility index (Phi) is 4.48. The molecule has 0 fully saturated rings. The van der Waals surface area contributed by atoms with E-state index in [1.54, 1.807) is 38.6 Å². The summed E-state index contributed by atoms with van der Waals surface area (Å²) in [5, 5.41) is 2.69. The second-order valence-electron chi connectivity index (χ2n) is 4.97. The van der Waals surface area contributed by atoms with Gasteiger partial charge in [-0.15, -0.1) is 11.3 Å². The number of methoxy groups -OCH3 is 2. The number of primary amides is 1. The highest BCUT2D eigenvalue weighted by Gasteiger charge is 2.21. The minimum absolute atomic E-state index is 0.411. The molecule has 0 spiro atoms. The Labute approximate surface area is 143 Å². The van der Waals surface area contributed by atoms with Gasteiger partial charge in [-0.05, 0) is 12.1 Å². The molecule has 24 heavy (non-hydrogen) atoms. The van der Waals surface area contributed by atoms with Gasteiger partial charge < -0.3 is 15.2 Å². The molecule has 2 aromatic carbocycles. The fraction of sp³-hybridized carbons (Fsp3) is 0.111. The predicted molar refractivity (Wildman–Crippen MR) is 94.6 cm³/mol. The molecular formula is C18H16N2O3S. The van der Waals surface area contributed by atoms with Crippen LogP contribution in [0.4, 0.5) is 0 Å². The second kappa shape index (κ2) is 6.72. The first-order chi connectivity index (χ1) is 11.7. The molecule has 3 aromatic rings. The SMILES string of the molecule is COc1cccc(-c2c(C(N)=O)cccc2-c2nccs2)c1OC. The van der Waals surface area contributed by atoms with Crippen LogP contribution in [0.2, 0.25) is 0 Å². The molecule has 0 unspecified atom stereocenters. The topological polar surface area (TPSA) is 74.4 Å². The van der Waals surface area contributed by atoms with Gasteiger partial charge in [-0.3, -0.25) is 4.79 Å². The number of carbonyl (C=O) groups excluding carboxylic acids is 1. The van der Waals surface area contributed by atoms with Crippen molar-refractivity contribution in [2.45, 2.75) is 0 Å². The molecule has 1 amide bonds. The standard InChI is InChI=1S/C18H16N2O3S/c1-22-14-8-4-5-11(16(14)23-2)15-12(17(19)21)6-3-7-13(15)18-20-9-10-24-18/h3-10H,1-2H3,(H2,19,21). The number of hydrogen-bond donors (Lipinski definition) is 1. The number of ether oxygens (including phenoxy) is 2. The number of rotatable bonds is 5. The molecule has 6 heteroatoms. The van der Waals surface area contributed by atoms with E-state index in [4.69, 9.17) is 15.2 Å². The first kappa shape index (κ1) is 16.0. The molecule has 0 saturated heterocycles. The highest BCUT2D eigenvalue weighted by Crippen LogP contribution is 2.43. The number of hydrogen-bond acceptors (Lipinski definition) is 5. The maximum atomic E-state index is 12.0. The maximum Gasteiger partial charge on any atom is 0.249 e. The molecular weight excluding hydrogens is 324 g/mol. The molecule has 0 aliphatic rings. The van der Waals surface area contributed by atoms with Crippen molar-refractivity contribution >= 4 is 17.2 Å². The van der Waals surface area contributed by atoms with Crippen LogP contribution in [0, 0.1) is 0 Å². The summed E-state index contributed by atoms with van der Waals surface area (Å²) < 4.78 is 10.9. The summed E-state index contributed by atoms with van der Waals surface area (Å²) in [6.45, 7) is 0. The van der Waals surface area contributed by atoms with E-state index in [2.05, 4.69) is 4.98 Å². The highest BCUT2D eigenvalue weighted by atomic mass is 32.1. The van der Waals surface area contributed by atoms with Crippen LogP contribution in [0.5, 0.6) is 11.5 Å². The Bertz CT molecular complexity index is 876. The summed E-state index contributed by atoms with van der Waals surface area (Å²) in [6, 6.07) is 10.9. The summed E-state index contributed by atoms with van der Waals surface area (Å²) in [5.41, 5.74) is 8.27. The molecule has 122 valence electrons. The lowest BCUT2D eigenvalue weighted by Crippen LogP contribution is -2.13. The zero-order valence-corrected chi connectivity index (χ0v) is 14.1. The summed E-state index contributed by atoms with van der Waals surface area (Å²) in [7, 11) is 3.14. The molecule has 1 heterocycles. The molecule has 1 aromatic heterocycles. The molecule has 0 aliphatic heterocycles. The Morgan fingerprint density at radius 3 is 2.46 bits per heavy atom. The first-order valence-electron chi connectivity index (χ1n) is 7.21. The van der Waals surface area contributed by atoms with E-state index >= 15 is 0 Å². The Morgan fingerprint density at radius 1 is 1.08 bits per heavy atom. The Hall–Kier alpha value is -2.86. The van der Waals surface area contributed by atoms with Crippen molar-refractivity contribution in [2.24, 2.45) is 5.73 Å². The van der Waals surface area contributed by atoms with Gasteiger partial charge in [0, 0.05) is 33.8 Å². The van der Waals surface area contributed by atoms with Crippen molar-refractivity contribution < 1.29 is 14.3 Å². The van der Waals surface area contributed by atoms with E-state index in [0.717, 1.165) is 16.1 Å². The van der Waals surface area contributed by atoms with E-state index in [1.807, 2.05) is 23.6 Å². The molecule has 3 rings (SSSR count). The van der Waals surface area contributed by atoms with E-state index in [9.17, 15) is 4.79 Å². The maximum absolute atomic E-state index is 12.0. The van der Waals surface area contributed by atoms with Crippen LogP contribution >= 0.6 is 11.3 Å². The number of para-hydroxylation sites is 1. The number of nitrogens with two attached hydrogens (primary N) is 1. The number of benzene rings is 2. The van der Waals surface area contributed by atoms with Gasteiger partial charge in [0.05, 0.1) is 14.2 Å². The van der Waals surface area contributed by atoms with Gasteiger partial charge in [0.2, 0.25) is 5.91 Å². The molecule has 0 radical (unpaired) electrons. The van der Waals surface area contributed by atoms with Crippen LogP contribution in [-0.4, -0.2) is 25.1 Å². The van der Waals surface area contributed by atoms with Gasteiger partial charge in [-0.25, -0.2) is 4.98 Å². The van der Waals surface area contributed by atoms with Gasteiger partial charge in [-0.2, -0.15) is 0 Å². The summed E-state index contributed by atoms with van der Waals surface area (Å²) >= 11 is 1.49. The van der Waals surface area contributed by atoms with Gasteiger partial charge in [0.15, 0.2) is 11.5 Å². The number of nitrogens with zero attached hydrogens (tertiary/aromatic N) is 1. The third-order valence-electron chi connectivity index (χ3n) is 3.66. The summed E-state index contributed by atoms with van der Waals surface area (Å²) in [5.74, 6) is 0.624. The molecule has 0 atom stereocenters. The lowest BCUT2D eigenvalue weighted by atomic mass is 9.93. The fourth-order valence-corrected chi connectivity index (χ4v) is 3.34. The summed E-state index contributed by atoms with van der Waals surface area (Å²) in [6.07, 6.45) is 1.73. The quantitative estimate of drug-likeness (QED) is 0.770. The third kappa shape index (κ3) is 2.72. The van der Waals surface area contributed by atoms with E-state index in [-0.39, 0.29) is 0 Å². The van der Waals surface area contributed by atoms with Crippen molar-refractivity contribution in [3.05, 3.63) is 53.5 Å². The zero-order valence-electron chi connectivity index (χ0n) is 13.3. The first-order valence-corrected chi connectivity index (χ1v) is 8.09. The smallest absolute Gasteiger partial charge is 0.249 e. The Balaban J connectivity index is 2.37. The molecule has 2 N–H and O–H groups in total. The lowest BCUT2D eigenvalue weighted by molar-refractivity contribution is 0.100. The van der Waals surface area contributed by atoms with Crippen molar-refractivity contribution in [1.82, 2.24) is 4.98 Å². The second-order valence-corrected chi connectivity index (χ2v) is 5.87. The van der Waals surface area contributed by atoms with Crippen molar-refractivity contribution in [3.63, 3.8) is 0 Å². The number of carbonyl (C=O) groups is 1. The van der Waals surface area contributed by atoms with Crippen LogP contribution in [0.3, 0.4) is 0 Å². The average molecular weight is 340 g/mol. The van der Waals surface area contributed by atoms with Crippen LogP contribution in [0.15, 0.2) is 48.0 Å². The van der Waals surface area contributed by atoms with Crippen molar-refractivity contribution in [2.75, 3.05) is 14.2 Å². The monoisotopic (exact) mass is 340 g/mol. The van der Waals surface area contributed by atoms with Gasteiger partial charge >= 0.3 is 0 Å². The van der Waals surface area contributed by atoms with Gasteiger partial charge in [-0.1, -0.05) is 24.3 Å². The molecule has 5 nitrogen and oxygen atoms in total. The fourth-order valence-electron chi connectivity index (χ4n) is 2.67. The van der Waals surface area contributed by atoms with E-state index < -0.39 is 5.91 Å². The lowest BCUT2D eigenvalue weighted by Gasteiger charge is -2.17. The van der Waals surface area contributed by atoms with Crippen LogP contribution in [0.25, 0.3) is 21.7 Å². The highest BCUT2D eigenvalue weighted by molar-refractivity contribution is 7.13. The molecule has 0 saturated carbocycles. The Morgan fingerprint density at radius 2 is 1.83 bits per heavy atom. The van der Waals surface area contributed by atoms with E-state index in [0.29, 0.717) is 22.6 Å². The zero-order chi connectivity index (χ0) is 17.1. The largest absolute Gasteiger partial charge is 0.493 e. The normalized spacial score (nSPS) is 10.4. The minimum atomic E-state index is -0.506. The number of aromatic nitrogens is 1. The third-order valence-corrected chi connectivity index (χ3v) is 4.47. The summed E-state index contributed by atoms with van der Waals surface area (Å²) in [4.78, 5) is 16.4. The molecule has 0 bridgehead atoms. The van der Waals surface area contributed by atoms with Crippen molar-refractivity contribution in [1.29, 1.82) is 0 Å². The van der Waals surface area contributed by atoms with Crippen molar-refractivity contribution in [3.8, 4) is 33.2 Å². The van der Waals surface area contributed by atoms with Gasteiger partial charge in [0.25, 0.3) is 0 Å². The average Bonchev–Trinajstić information content (AvgIpc) is 3.14. The van der Waals surface area contributed by atoms with Crippen LogP contribution in [-0.2, 0) is 0 Å². The van der Waals surface area contributed by atoms with Crippen LogP contribution < -0.4 is 15.2 Å². The minimum Gasteiger partial charge on any atom is -0.493 e. The number of thiazole rings is 1. The predicted octanol–water partition coefficient (Wildman–Crippen LogP) is 3.59. The van der Waals surface area contributed by atoms with Crippen LogP contribution in [0.1, 0.15) is 10.4 Å². The number of amides is 1. The molecule has 0 aliphatic carbocycles.